The Morgan fingerprint density at radius 3 is 2.32 bits per heavy atom. The molecule has 0 bridgehead atoms. The summed E-state index contributed by atoms with van der Waals surface area (Å²) in [6.45, 7) is 9.70. The zero-order chi connectivity index (χ0) is 14.3. The summed E-state index contributed by atoms with van der Waals surface area (Å²) in [6, 6.07) is 9.13. The largest absolute Gasteiger partial charge is 0.330 e. The van der Waals surface area contributed by atoms with E-state index in [4.69, 9.17) is 5.73 Å². The second-order valence-electron chi connectivity index (χ2n) is 5.90. The molecule has 0 saturated carbocycles. The molecule has 0 heterocycles. The van der Waals surface area contributed by atoms with Gasteiger partial charge in [-0.25, -0.2) is 0 Å². The number of nitrogens with zero attached hydrogens (tertiary/aromatic N) is 1. The summed E-state index contributed by atoms with van der Waals surface area (Å²) < 4.78 is 0. The van der Waals surface area contributed by atoms with Crippen LogP contribution in [0.5, 0.6) is 0 Å². The molecule has 1 rings (SSSR count). The Morgan fingerprint density at radius 2 is 1.79 bits per heavy atom. The van der Waals surface area contributed by atoms with Crippen LogP contribution in [0.15, 0.2) is 24.3 Å². The average molecular weight is 262 g/mol. The summed E-state index contributed by atoms with van der Waals surface area (Å²) in [7, 11) is 2.18. The molecular formula is C17H30N2. The second kappa shape index (κ2) is 8.34. The van der Waals surface area contributed by atoms with Gasteiger partial charge in [-0.1, -0.05) is 45.0 Å². The van der Waals surface area contributed by atoms with Crippen molar-refractivity contribution in [1.82, 2.24) is 4.90 Å². The summed E-state index contributed by atoms with van der Waals surface area (Å²) in [5.74, 6) is 1.25. The summed E-state index contributed by atoms with van der Waals surface area (Å²) in [4.78, 5) is 2.38. The van der Waals surface area contributed by atoms with E-state index < -0.39 is 0 Å². The Labute approximate surface area is 119 Å². The average Bonchev–Trinajstić information content (AvgIpc) is 2.44. The highest BCUT2D eigenvalue weighted by Crippen LogP contribution is 2.18. The van der Waals surface area contributed by atoms with Gasteiger partial charge in [-0.3, -0.25) is 0 Å². The minimum Gasteiger partial charge on any atom is -0.330 e. The van der Waals surface area contributed by atoms with Crippen molar-refractivity contribution in [3.63, 3.8) is 0 Å². The van der Waals surface area contributed by atoms with Crippen LogP contribution < -0.4 is 5.73 Å². The van der Waals surface area contributed by atoms with Gasteiger partial charge in [-0.15, -0.1) is 0 Å². The SMILES string of the molecule is CCC(C)c1ccc(CCN(C)CC(C)CN)cc1. The van der Waals surface area contributed by atoms with Crippen molar-refractivity contribution in [2.24, 2.45) is 11.7 Å². The van der Waals surface area contributed by atoms with Crippen molar-refractivity contribution in [2.45, 2.75) is 39.5 Å². The van der Waals surface area contributed by atoms with E-state index in [0.29, 0.717) is 11.8 Å². The fourth-order valence-corrected chi connectivity index (χ4v) is 2.27. The zero-order valence-electron chi connectivity index (χ0n) is 13.0. The highest BCUT2D eigenvalue weighted by Gasteiger charge is 2.06. The van der Waals surface area contributed by atoms with Crippen LogP contribution in [-0.2, 0) is 6.42 Å². The molecule has 0 aliphatic carbocycles. The predicted molar refractivity (Wildman–Crippen MR) is 84.6 cm³/mol. The van der Waals surface area contributed by atoms with Crippen LogP contribution in [0, 0.1) is 5.92 Å². The lowest BCUT2D eigenvalue weighted by molar-refractivity contribution is 0.292. The Balaban J connectivity index is 2.41. The molecule has 0 aliphatic rings. The predicted octanol–water partition coefficient (Wildman–Crippen LogP) is 3.27. The molecule has 2 atom stereocenters. The first kappa shape index (κ1) is 16.2. The Kier molecular flexibility index (Phi) is 7.11. The first-order valence-electron chi connectivity index (χ1n) is 7.54. The van der Waals surface area contributed by atoms with Gasteiger partial charge >= 0.3 is 0 Å². The number of hydrogen-bond donors (Lipinski definition) is 1. The molecule has 1 aromatic carbocycles. The molecule has 2 N–H and O–H groups in total. The molecule has 2 unspecified atom stereocenters. The lowest BCUT2D eigenvalue weighted by Gasteiger charge is -2.20. The van der Waals surface area contributed by atoms with E-state index in [9.17, 15) is 0 Å². The third-order valence-corrected chi connectivity index (χ3v) is 3.97. The quantitative estimate of drug-likeness (QED) is 0.779. The van der Waals surface area contributed by atoms with Crippen LogP contribution in [0.2, 0.25) is 0 Å². The second-order valence-corrected chi connectivity index (χ2v) is 5.90. The molecule has 0 aliphatic heterocycles. The van der Waals surface area contributed by atoms with Crippen LogP contribution in [-0.4, -0.2) is 31.6 Å². The van der Waals surface area contributed by atoms with E-state index in [-0.39, 0.29) is 0 Å². The van der Waals surface area contributed by atoms with Gasteiger partial charge in [0.25, 0.3) is 0 Å². The fourth-order valence-electron chi connectivity index (χ4n) is 2.27. The van der Waals surface area contributed by atoms with Crippen molar-refractivity contribution >= 4 is 0 Å². The smallest absolute Gasteiger partial charge is 0.00189 e. The highest BCUT2D eigenvalue weighted by atomic mass is 15.1. The van der Waals surface area contributed by atoms with Crippen molar-refractivity contribution < 1.29 is 0 Å². The van der Waals surface area contributed by atoms with Crippen molar-refractivity contribution in [2.75, 3.05) is 26.7 Å². The van der Waals surface area contributed by atoms with E-state index in [1.165, 1.54) is 17.5 Å². The normalized spacial score (nSPS) is 14.6. The van der Waals surface area contributed by atoms with Gasteiger partial charge in [-0.2, -0.15) is 0 Å². The number of nitrogens with two attached hydrogens (primary N) is 1. The molecule has 0 aromatic heterocycles. The molecule has 0 fully saturated rings. The topological polar surface area (TPSA) is 29.3 Å². The van der Waals surface area contributed by atoms with Gasteiger partial charge in [-0.05, 0) is 49.4 Å². The van der Waals surface area contributed by atoms with E-state index in [2.05, 4.69) is 57.0 Å². The van der Waals surface area contributed by atoms with Crippen molar-refractivity contribution in [1.29, 1.82) is 0 Å². The molecule has 108 valence electrons. The minimum atomic E-state index is 0.581. The first-order valence-corrected chi connectivity index (χ1v) is 7.54. The maximum atomic E-state index is 5.66. The Bertz CT molecular complexity index is 345. The van der Waals surface area contributed by atoms with Gasteiger partial charge < -0.3 is 10.6 Å². The third-order valence-electron chi connectivity index (χ3n) is 3.97. The summed E-state index contributed by atoms with van der Waals surface area (Å²) in [5.41, 5.74) is 8.54. The first-order chi connectivity index (χ1) is 9.06. The van der Waals surface area contributed by atoms with Crippen LogP contribution in [0.1, 0.15) is 44.2 Å². The molecule has 1 aromatic rings. The van der Waals surface area contributed by atoms with Crippen molar-refractivity contribution in [3.05, 3.63) is 35.4 Å². The molecule has 2 heteroatoms. The lowest BCUT2D eigenvalue weighted by Crippen LogP contribution is -2.29. The molecular weight excluding hydrogens is 232 g/mol. The monoisotopic (exact) mass is 262 g/mol. The number of benzene rings is 1. The number of hydrogen-bond acceptors (Lipinski definition) is 2. The molecule has 19 heavy (non-hydrogen) atoms. The summed E-state index contributed by atoms with van der Waals surface area (Å²) >= 11 is 0. The lowest BCUT2D eigenvalue weighted by atomic mass is 9.97. The van der Waals surface area contributed by atoms with E-state index in [1.54, 1.807) is 0 Å². The van der Waals surface area contributed by atoms with Crippen LogP contribution >= 0.6 is 0 Å². The maximum absolute atomic E-state index is 5.66. The van der Waals surface area contributed by atoms with E-state index in [1.807, 2.05) is 0 Å². The molecule has 0 saturated heterocycles. The Morgan fingerprint density at radius 1 is 1.16 bits per heavy atom. The highest BCUT2D eigenvalue weighted by molar-refractivity contribution is 5.25. The van der Waals surface area contributed by atoms with Gasteiger partial charge in [0.2, 0.25) is 0 Å². The van der Waals surface area contributed by atoms with Crippen LogP contribution in [0.25, 0.3) is 0 Å². The zero-order valence-corrected chi connectivity index (χ0v) is 13.0. The standard InChI is InChI=1S/C17H30N2/c1-5-15(3)17-8-6-16(7-9-17)10-11-19(4)13-14(2)12-18/h6-9,14-15H,5,10-13,18H2,1-4H3. The van der Waals surface area contributed by atoms with Gasteiger partial charge in [0.1, 0.15) is 0 Å². The molecule has 0 amide bonds. The molecule has 0 spiro atoms. The number of rotatable bonds is 8. The molecule has 0 radical (unpaired) electrons. The van der Waals surface area contributed by atoms with Crippen molar-refractivity contribution in [3.8, 4) is 0 Å². The van der Waals surface area contributed by atoms with Crippen LogP contribution in [0.3, 0.4) is 0 Å². The number of likely N-dealkylation sites (N-methyl/N-ethyl adjacent to an activating group) is 1. The van der Waals surface area contributed by atoms with E-state index >= 15 is 0 Å². The third kappa shape index (κ3) is 5.75. The van der Waals surface area contributed by atoms with Gasteiger partial charge in [0, 0.05) is 13.1 Å². The fraction of sp³-hybridized carbons (Fsp3) is 0.647. The van der Waals surface area contributed by atoms with E-state index in [0.717, 1.165) is 26.1 Å². The summed E-state index contributed by atoms with van der Waals surface area (Å²) in [6.07, 6.45) is 2.33. The minimum absolute atomic E-state index is 0.581. The maximum Gasteiger partial charge on any atom is 0.00189 e. The molecule has 2 nitrogen and oxygen atoms in total. The summed E-state index contributed by atoms with van der Waals surface area (Å²) in [5, 5.41) is 0. The van der Waals surface area contributed by atoms with Gasteiger partial charge in [0.05, 0.1) is 0 Å². The van der Waals surface area contributed by atoms with Crippen LogP contribution in [0.4, 0.5) is 0 Å². The Hall–Kier alpha value is -0.860. The van der Waals surface area contributed by atoms with Gasteiger partial charge in [0.15, 0.2) is 0 Å².